The van der Waals surface area contributed by atoms with Crippen LogP contribution in [0.1, 0.15) is 36.0 Å². The summed E-state index contributed by atoms with van der Waals surface area (Å²) in [6.07, 6.45) is 4.75. The molecule has 3 N–H and O–H groups in total. The van der Waals surface area contributed by atoms with Crippen LogP contribution in [0.15, 0.2) is 18.2 Å². The first-order valence-corrected chi connectivity index (χ1v) is 6.40. The number of nitrogens with two attached hydrogens (primary N) is 1. The van der Waals surface area contributed by atoms with Gasteiger partial charge in [0.05, 0.1) is 4.92 Å². The van der Waals surface area contributed by atoms with Crippen LogP contribution >= 0.6 is 0 Å². The maximum atomic E-state index is 11.8. The Balaban J connectivity index is 1.87. The summed E-state index contributed by atoms with van der Waals surface area (Å²) in [5.41, 5.74) is 5.73. The summed E-state index contributed by atoms with van der Waals surface area (Å²) >= 11 is 0. The van der Waals surface area contributed by atoms with E-state index < -0.39 is 4.92 Å². The van der Waals surface area contributed by atoms with Crippen LogP contribution in [0.3, 0.4) is 0 Å². The van der Waals surface area contributed by atoms with Gasteiger partial charge >= 0.3 is 0 Å². The zero-order valence-corrected chi connectivity index (χ0v) is 10.6. The van der Waals surface area contributed by atoms with Crippen molar-refractivity contribution in [1.82, 2.24) is 5.32 Å². The number of nitro benzene ring substituents is 1. The summed E-state index contributed by atoms with van der Waals surface area (Å²) in [6.45, 7) is 0.631. The molecule has 0 atom stereocenters. The standard InChI is InChI=1S/C13H17N3O3/c14-11-8-10(5-6-12(11)16(18)19)13(17)15-7-1-2-9-3-4-9/h5-6,8-9H,1-4,7,14H2,(H,15,17). The summed E-state index contributed by atoms with van der Waals surface area (Å²) in [7, 11) is 0. The van der Waals surface area contributed by atoms with Crippen LogP contribution in [-0.4, -0.2) is 17.4 Å². The molecule has 6 nitrogen and oxygen atoms in total. The van der Waals surface area contributed by atoms with Crippen LogP contribution in [0.25, 0.3) is 0 Å². The normalized spacial score (nSPS) is 14.1. The highest BCUT2D eigenvalue weighted by molar-refractivity contribution is 5.95. The van der Waals surface area contributed by atoms with Crippen LogP contribution in [0.2, 0.25) is 0 Å². The minimum atomic E-state index is -0.563. The van der Waals surface area contributed by atoms with E-state index in [-0.39, 0.29) is 17.3 Å². The van der Waals surface area contributed by atoms with Gasteiger partial charge in [-0.25, -0.2) is 0 Å². The lowest BCUT2D eigenvalue weighted by molar-refractivity contribution is -0.383. The number of carbonyl (C=O) groups excluding carboxylic acids is 1. The molecule has 0 spiro atoms. The topological polar surface area (TPSA) is 98.3 Å². The summed E-state index contributed by atoms with van der Waals surface area (Å²) < 4.78 is 0. The molecule has 2 rings (SSSR count). The largest absolute Gasteiger partial charge is 0.393 e. The minimum absolute atomic E-state index is 0.00984. The third kappa shape index (κ3) is 3.67. The predicted octanol–water partition coefficient (Wildman–Crippen LogP) is 2.10. The van der Waals surface area contributed by atoms with E-state index in [1.807, 2.05) is 0 Å². The van der Waals surface area contributed by atoms with Gasteiger partial charge in [-0.15, -0.1) is 0 Å². The highest BCUT2D eigenvalue weighted by Gasteiger charge is 2.20. The second kappa shape index (κ2) is 5.69. The lowest BCUT2D eigenvalue weighted by Crippen LogP contribution is -2.24. The molecule has 0 bridgehead atoms. The van der Waals surface area contributed by atoms with Crippen molar-refractivity contribution in [3.63, 3.8) is 0 Å². The quantitative estimate of drug-likeness (QED) is 0.355. The Hall–Kier alpha value is -2.11. The van der Waals surface area contributed by atoms with Gasteiger partial charge in [0, 0.05) is 18.2 Å². The van der Waals surface area contributed by atoms with E-state index in [0.717, 1.165) is 18.8 Å². The van der Waals surface area contributed by atoms with E-state index in [2.05, 4.69) is 5.32 Å². The Morgan fingerprint density at radius 2 is 2.21 bits per heavy atom. The molecule has 0 heterocycles. The van der Waals surface area contributed by atoms with Crippen LogP contribution in [0.4, 0.5) is 11.4 Å². The smallest absolute Gasteiger partial charge is 0.292 e. The monoisotopic (exact) mass is 263 g/mol. The zero-order chi connectivity index (χ0) is 13.8. The van der Waals surface area contributed by atoms with Crippen molar-refractivity contribution in [3.05, 3.63) is 33.9 Å². The van der Waals surface area contributed by atoms with Crippen molar-refractivity contribution < 1.29 is 9.72 Å². The molecule has 1 amide bonds. The number of nitrogens with zero attached hydrogens (tertiary/aromatic N) is 1. The third-order valence-corrected chi connectivity index (χ3v) is 3.26. The Bertz CT molecular complexity index is 498. The van der Waals surface area contributed by atoms with Crippen LogP contribution < -0.4 is 11.1 Å². The number of amides is 1. The average molecular weight is 263 g/mol. The number of nitrogen functional groups attached to an aromatic ring is 1. The molecule has 0 aromatic heterocycles. The second-order valence-electron chi connectivity index (χ2n) is 4.87. The molecular formula is C13H17N3O3. The van der Waals surface area contributed by atoms with Gasteiger partial charge in [-0.05, 0) is 30.9 Å². The molecule has 1 aliphatic rings. The number of nitrogens with one attached hydrogen (secondary N) is 1. The molecule has 102 valence electrons. The minimum Gasteiger partial charge on any atom is -0.393 e. The van der Waals surface area contributed by atoms with Crippen molar-refractivity contribution >= 4 is 17.3 Å². The van der Waals surface area contributed by atoms with Gasteiger partial charge in [-0.2, -0.15) is 0 Å². The van der Waals surface area contributed by atoms with Gasteiger partial charge in [0.25, 0.3) is 11.6 Å². The Kier molecular flexibility index (Phi) is 3.99. The average Bonchev–Trinajstić information content (AvgIpc) is 3.17. The SMILES string of the molecule is Nc1cc(C(=O)NCCCC2CC2)ccc1[N+](=O)[O-]. The fourth-order valence-electron chi connectivity index (χ4n) is 1.96. The molecule has 1 fully saturated rings. The molecule has 1 saturated carbocycles. The number of benzene rings is 1. The first-order valence-electron chi connectivity index (χ1n) is 6.40. The summed E-state index contributed by atoms with van der Waals surface area (Å²) in [4.78, 5) is 21.8. The third-order valence-electron chi connectivity index (χ3n) is 3.26. The van der Waals surface area contributed by atoms with Gasteiger partial charge in [-0.1, -0.05) is 12.8 Å². The number of hydrogen-bond acceptors (Lipinski definition) is 4. The summed E-state index contributed by atoms with van der Waals surface area (Å²) in [5, 5.41) is 13.4. The second-order valence-corrected chi connectivity index (χ2v) is 4.87. The first kappa shape index (κ1) is 13.3. The zero-order valence-electron chi connectivity index (χ0n) is 10.6. The molecular weight excluding hydrogens is 246 g/mol. The van der Waals surface area contributed by atoms with Crippen LogP contribution in [0.5, 0.6) is 0 Å². The molecule has 0 saturated heterocycles. The number of anilines is 1. The molecule has 19 heavy (non-hydrogen) atoms. The van der Waals surface area contributed by atoms with E-state index in [4.69, 9.17) is 5.73 Å². The molecule has 0 unspecified atom stereocenters. The first-order chi connectivity index (χ1) is 9.08. The molecule has 0 radical (unpaired) electrons. The van der Waals surface area contributed by atoms with Crippen LogP contribution in [-0.2, 0) is 0 Å². The maximum Gasteiger partial charge on any atom is 0.292 e. The van der Waals surface area contributed by atoms with Gasteiger partial charge < -0.3 is 11.1 Å². The van der Waals surface area contributed by atoms with E-state index in [9.17, 15) is 14.9 Å². The van der Waals surface area contributed by atoms with Gasteiger partial charge in [0.15, 0.2) is 0 Å². The van der Waals surface area contributed by atoms with Gasteiger partial charge in [0.1, 0.15) is 5.69 Å². The van der Waals surface area contributed by atoms with Crippen molar-refractivity contribution in [2.45, 2.75) is 25.7 Å². The molecule has 1 aliphatic carbocycles. The van der Waals surface area contributed by atoms with Crippen molar-refractivity contribution in [3.8, 4) is 0 Å². The Labute approximate surface area is 111 Å². The van der Waals surface area contributed by atoms with E-state index in [0.29, 0.717) is 12.1 Å². The molecule has 6 heteroatoms. The number of rotatable bonds is 6. The maximum absolute atomic E-state index is 11.8. The highest BCUT2D eigenvalue weighted by Crippen LogP contribution is 2.33. The van der Waals surface area contributed by atoms with Crippen molar-refractivity contribution in [1.29, 1.82) is 0 Å². The van der Waals surface area contributed by atoms with Crippen molar-refractivity contribution in [2.24, 2.45) is 5.92 Å². The fourth-order valence-corrected chi connectivity index (χ4v) is 1.96. The van der Waals surface area contributed by atoms with E-state index >= 15 is 0 Å². The fraction of sp³-hybridized carbons (Fsp3) is 0.462. The Morgan fingerprint density at radius 1 is 1.47 bits per heavy atom. The van der Waals surface area contributed by atoms with Gasteiger partial charge in [0.2, 0.25) is 0 Å². The summed E-state index contributed by atoms with van der Waals surface area (Å²) in [6, 6.07) is 4.02. The number of hydrogen-bond donors (Lipinski definition) is 2. The van der Waals surface area contributed by atoms with Gasteiger partial charge in [-0.3, -0.25) is 14.9 Å². The van der Waals surface area contributed by atoms with E-state index in [1.54, 1.807) is 0 Å². The lowest BCUT2D eigenvalue weighted by atomic mass is 10.1. The summed E-state index contributed by atoms with van der Waals surface area (Å²) in [5.74, 6) is 0.615. The Morgan fingerprint density at radius 3 is 2.79 bits per heavy atom. The number of nitro groups is 1. The number of carbonyl (C=O) groups is 1. The van der Waals surface area contributed by atoms with Crippen molar-refractivity contribution in [2.75, 3.05) is 12.3 Å². The van der Waals surface area contributed by atoms with Crippen LogP contribution in [0, 0.1) is 16.0 Å². The lowest BCUT2D eigenvalue weighted by Gasteiger charge is -2.05. The molecule has 1 aromatic rings. The molecule has 1 aromatic carbocycles. The van der Waals surface area contributed by atoms with E-state index in [1.165, 1.54) is 31.0 Å². The highest BCUT2D eigenvalue weighted by atomic mass is 16.6. The molecule has 0 aliphatic heterocycles. The predicted molar refractivity (Wildman–Crippen MR) is 71.8 cm³/mol.